The number of carbonyl (C=O) groups excluding carboxylic acids is 1. The minimum absolute atomic E-state index is 0.0991. The number of hydrogen-bond donors (Lipinski definition) is 0. The summed E-state index contributed by atoms with van der Waals surface area (Å²) in [4.78, 5) is 25.7. The predicted molar refractivity (Wildman–Crippen MR) is 116 cm³/mol. The first-order chi connectivity index (χ1) is 14.4. The van der Waals surface area contributed by atoms with E-state index in [4.69, 9.17) is 4.74 Å². The van der Waals surface area contributed by atoms with Gasteiger partial charge in [-0.05, 0) is 62.3 Å². The zero-order valence-corrected chi connectivity index (χ0v) is 17.6. The number of nitro groups is 1. The Morgan fingerprint density at radius 1 is 1.10 bits per heavy atom. The lowest BCUT2D eigenvalue weighted by molar-refractivity contribution is -0.385. The molecular weight excluding hydrogens is 380 g/mol. The van der Waals surface area contributed by atoms with Crippen molar-refractivity contribution in [3.05, 3.63) is 68.8 Å². The molecule has 2 saturated heterocycles. The Kier molecular flexibility index (Phi) is 5.75. The molecular formula is C24H28N2O4. The molecule has 2 atom stereocenters. The van der Waals surface area contributed by atoms with Gasteiger partial charge in [-0.1, -0.05) is 24.3 Å². The van der Waals surface area contributed by atoms with Crippen LogP contribution in [0.5, 0.6) is 0 Å². The second kappa shape index (κ2) is 8.46. The average molecular weight is 408 g/mol. The first-order valence-electron chi connectivity index (χ1n) is 10.7. The lowest BCUT2D eigenvalue weighted by Crippen LogP contribution is -2.31. The summed E-state index contributed by atoms with van der Waals surface area (Å²) >= 11 is 0. The lowest BCUT2D eigenvalue weighted by Gasteiger charge is -2.30. The van der Waals surface area contributed by atoms with Crippen LogP contribution >= 0.6 is 0 Å². The molecule has 2 aliphatic rings. The maximum Gasteiger partial charge on any atom is 0.309 e. The monoisotopic (exact) mass is 408 g/mol. The highest BCUT2D eigenvalue weighted by Crippen LogP contribution is 2.35. The quantitative estimate of drug-likeness (QED) is 0.407. The van der Waals surface area contributed by atoms with E-state index in [1.807, 2.05) is 6.07 Å². The average Bonchev–Trinajstić information content (AvgIpc) is 3.26. The molecule has 0 spiro atoms. The number of ether oxygens (including phenoxy) is 1. The Labute approximate surface area is 177 Å². The topological polar surface area (TPSA) is 72.7 Å². The van der Waals surface area contributed by atoms with Gasteiger partial charge in [0.05, 0.1) is 17.4 Å². The highest BCUT2D eigenvalue weighted by atomic mass is 16.6. The van der Waals surface area contributed by atoms with E-state index in [2.05, 4.69) is 30.0 Å². The van der Waals surface area contributed by atoms with Crippen molar-refractivity contribution < 1.29 is 14.5 Å². The van der Waals surface area contributed by atoms with E-state index in [9.17, 15) is 14.9 Å². The largest absolute Gasteiger partial charge is 0.465 e. The zero-order valence-electron chi connectivity index (χ0n) is 17.6. The highest BCUT2D eigenvalue weighted by Gasteiger charge is 2.32. The Balaban J connectivity index is 1.53. The van der Waals surface area contributed by atoms with Crippen molar-refractivity contribution in [1.29, 1.82) is 0 Å². The van der Waals surface area contributed by atoms with E-state index < -0.39 is 0 Å². The molecule has 0 aliphatic carbocycles. The van der Waals surface area contributed by atoms with Crippen molar-refractivity contribution in [2.75, 3.05) is 24.6 Å². The third-order valence-corrected chi connectivity index (χ3v) is 6.43. The van der Waals surface area contributed by atoms with Gasteiger partial charge in [-0.25, -0.2) is 0 Å². The predicted octanol–water partition coefficient (Wildman–Crippen LogP) is 4.70. The van der Waals surface area contributed by atoms with Crippen LogP contribution in [0.3, 0.4) is 0 Å². The first kappa shape index (κ1) is 20.4. The fourth-order valence-electron chi connectivity index (χ4n) is 4.65. The van der Waals surface area contributed by atoms with E-state index in [-0.39, 0.29) is 28.4 Å². The number of cyclic esters (lactones) is 1. The molecule has 30 heavy (non-hydrogen) atoms. The highest BCUT2D eigenvalue weighted by molar-refractivity contribution is 5.74. The van der Waals surface area contributed by atoms with Crippen molar-refractivity contribution in [2.45, 2.75) is 45.4 Å². The van der Waals surface area contributed by atoms with Gasteiger partial charge in [-0.2, -0.15) is 0 Å². The van der Waals surface area contributed by atoms with Crippen LogP contribution in [0.25, 0.3) is 0 Å². The van der Waals surface area contributed by atoms with Crippen LogP contribution in [-0.4, -0.2) is 30.6 Å². The standard InChI is InChI=1S/C24H28N2O4/c1-16-6-8-19(14-22(16)25-9-3-4-10-25)21-13-20(24(27)30-15-21)11-18-7-5-17(2)23(12-18)26(28)29/h5-8,12,14,20-21H,3-4,9-11,13,15H2,1-2H3/t20?,21-/m1/s1. The maximum absolute atomic E-state index is 12.4. The van der Waals surface area contributed by atoms with Crippen LogP contribution in [0.2, 0.25) is 0 Å². The Bertz CT molecular complexity index is 966. The normalized spacial score (nSPS) is 21.5. The van der Waals surface area contributed by atoms with Crippen molar-refractivity contribution in [3.63, 3.8) is 0 Å². The van der Waals surface area contributed by atoms with Crippen molar-refractivity contribution in [1.82, 2.24) is 0 Å². The van der Waals surface area contributed by atoms with Gasteiger partial charge in [-0.15, -0.1) is 0 Å². The van der Waals surface area contributed by atoms with Gasteiger partial charge in [0.1, 0.15) is 0 Å². The summed E-state index contributed by atoms with van der Waals surface area (Å²) < 4.78 is 5.54. The summed E-state index contributed by atoms with van der Waals surface area (Å²) in [5.41, 5.74) is 5.29. The van der Waals surface area contributed by atoms with Gasteiger partial charge >= 0.3 is 5.97 Å². The van der Waals surface area contributed by atoms with Crippen LogP contribution in [0.15, 0.2) is 36.4 Å². The number of aryl methyl sites for hydroxylation is 2. The summed E-state index contributed by atoms with van der Waals surface area (Å²) in [6, 6.07) is 11.8. The van der Waals surface area contributed by atoms with E-state index in [0.717, 1.165) is 18.7 Å². The van der Waals surface area contributed by atoms with E-state index in [1.165, 1.54) is 29.7 Å². The zero-order chi connectivity index (χ0) is 21.3. The molecule has 6 nitrogen and oxygen atoms in total. The van der Waals surface area contributed by atoms with E-state index in [1.54, 1.807) is 19.1 Å². The minimum Gasteiger partial charge on any atom is -0.465 e. The number of esters is 1. The first-order valence-corrected chi connectivity index (χ1v) is 10.7. The van der Waals surface area contributed by atoms with Gasteiger partial charge in [0.15, 0.2) is 0 Å². The van der Waals surface area contributed by atoms with Gasteiger partial charge in [0.25, 0.3) is 5.69 Å². The molecule has 2 heterocycles. The van der Waals surface area contributed by atoms with Crippen molar-refractivity contribution >= 4 is 17.3 Å². The number of anilines is 1. The number of hydrogen-bond acceptors (Lipinski definition) is 5. The van der Waals surface area contributed by atoms with Gasteiger partial charge in [0.2, 0.25) is 0 Å². The molecule has 6 heteroatoms. The minimum atomic E-state index is -0.368. The van der Waals surface area contributed by atoms with E-state index >= 15 is 0 Å². The second-order valence-corrected chi connectivity index (χ2v) is 8.58. The second-order valence-electron chi connectivity index (χ2n) is 8.58. The summed E-state index contributed by atoms with van der Waals surface area (Å²) in [5.74, 6) is -0.348. The van der Waals surface area contributed by atoms with Crippen molar-refractivity contribution in [3.8, 4) is 0 Å². The molecule has 2 aromatic carbocycles. The van der Waals surface area contributed by atoms with E-state index in [0.29, 0.717) is 25.0 Å². The summed E-state index contributed by atoms with van der Waals surface area (Å²) in [5, 5.41) is 11.2. The SMILES string of the molecule is Cc1ccc([C@H]2COC(=O)C(Cc3ccc(C)c([N+](=O)[O-])c3)C2)cc1N1CCCC1. The third kappa shape index (κ3) is 4.18. The van der Waals surface area contributed by atoms with Gasteiger partial charge < -0.3 is 9.64 Å². The molecule has 4 rings (SSSR count). The number of benzene rings is 2. The Morgan fingerprint density at radius 2 is 1.83 bits per heavy atom. The fourth-order valence-corrected chi connectivity index (χ4v) is 4.65. The fraction of sp³-hybridized carbons (Fsp3) is 0.458. The Hall–Kier alpha value is -2.89. The molecule has 2 aliphatic heterocycles. The molecule has 0 N–H and O–H groups in total. The van der Waals surface area contributed by atoms with Gasteiger partial charge in [0, 0.05) is 36.3 Å². The van der Waals surface area contributed by atoms with Crippen LogP contribution in [-0.2, 0) is 16.0 Å². The molecule has 0 radical (unpaired) electrons. The molecule has 158 valence electrons. The molecule has 2 fully saturated rings. The van der Waals surface area contributed by atoms with Crippen molar-refractivity contribution in [2.24, 2.45) is 5.92 Å². The van der Waals surface area contributed by atoms with Crippen LogP contribution in [0, 0.1) is 29.9 Å². The summed E-state index contributed by atoms with van der Waals surface area (Å²) in [7, 11) is 0. The number of rotatable bonds is 5. The number of nitro benzene ring substituents is 1. The molecule has 0 bridgehead atoms. The maximum atomic E-state index is 12.4. The van der Waals surface area contributed by atoms with Gasteiger partial charge in [-0.3, -0.25) is 14.9 Å². The summed E-state index contributed by atoms with van der Waals surface area (Å²) in [6.45, 7) is 6.46. The molecule has 0 aromatic heterocycles. The number of carbonyl (C=O) groups is 1. The number of nitrogens with zero attached hydrogens (tertiary/aromatic N) is 2. The van der Waals surface area contributed by atoms with Crippen LogP contribution in [0.4, 0.5) is 11.4 Å². The summed E-state index contributed by atoms with van der Waals surface area (Å²) in [6.07, 6.45) is 3.62. The molecule has 2 aromatic rings. The smallest absolute Gasteiger partial charge is 0.309 e. The van der Waals surface area contributed by atoms with Crippen LogP contribution < -0.4 is 4.90 Å². The Morgan fingerprint density at radius 3 is 2.57 bits per heavy atom. The molecule has 0 amide bonds. The van der Waals surface area contributed by atoms with Crippen LogP contribution in [0.1, 0.15) is 47.4 Å². The molecule has 0 saturated carbocycles. The molecule has 1 unspecified atom stereocenters. The third-order valence-electron chi connectivity index (χ3n) is 6.43. The lowest BCUT2D eigenvalue weighted by atomic mass is 9.83.